The van der Waals surface area contributed by atoms with Gasteiger partial charge in [-0.25, -0.2) is 8.42 Å². The molecule has 0 heterocycles. The fraction of sp³-hybridized carbons (Fsp3) is 0.517. The second kappa shape index (κ2) is 14.9. The number of methoxy groups -OCH3 is 1. The van der Waals surface area contributed by atoms with E-state index in [4.69, 9.17) is 27.9 Å². The number of halogens is 2. The third kappa shape index (κ3) is 8.75. The second-order valence-electron chi connectivity index (χ2n) is 10.1. The fourth-order valence-electron chi connectivity index (χ4n) is 5.09. The van der Waals surface area contributed by atoms with E-state index >= 15 is 0 Å². The van der Waals surface area contributed by atoms with Gasteiger partial charge in [-0.15, -0.1) is 0 Å². The number of amides is 2. The summed E-state index contributed by atoms with van der Waals surface area (Å²) in [6.45, 7) is 2.02. The summed E-state index contributed by atoms with van der Waals surface area (Å²) in [4.78, 5) is 28.7. The van der Waals surface area contributed by atoms with E-state index in [0.29, 0.717) is 33.5 Å². The fourth-order valence-corrected chi connectivity index (χ4v) is 6.56. The zero-order valence-electron chi connectivity index (χ0n) is 23.4. The molecule has 1 saturated carbocycles. The van der Waals surface area contributed by atoms with Gasteiger partial charge in [-0.05, 0) is 49.9 Å². The summed E-state index contributed by atoms with van der Waals surface area (Å²) in [5.74, 6) is 0.0561. The SMILES string of the molecule is CCC(C(=O)NC1CCCCC1)N(Cc1c(Cl)cccc1Cl)C(=O)CCCN(c1cccc(OC)c1)S(C)(=O)=O. The normalized spacial score (nSPS) is 14.8. The minimum absolute atomic E-state index is 0.0330. The van der Waals surface area contributed by atoms with Crippen LogP contribution in [0.4, 0.5) is 5.69 Å². The van der Waals surface area contributed by atoms with Gasteiger partial charge >= 0.3 is 0 Å². The van der Waals surface area contributed by atoms with Gasteiger partial charge in [0.25, 0.3) is 0 Å². The van der Waals surface area contributed by atoms with E-state index in [1.165, 1.54) is 22.7 Å². The van der Waals surface area contributed by atoms with Crippen LogP contribution < -0.4 is 14.4 Å². The molecule has 2 aromatic rings. The molecule has 0 saturated heterocycles. The molecule has 11 heteroatoms. The maximum Gasteiger partial charge on any atom is 0.243 e. The number of rotatable bonds is 13. The molecule has 0 radical (unpaired) electrons. The summed E-state index contributed by atoms with van der Waals surface area (Å²) < 4.78 is 31.7. The average Bonchev–Trinajstić information content (AvgIpc) is 2.92. The van der Waals surface area contributed by atoms with E-state index in [9.17, 15) is 18.0 Å². The predicted octanol–water partition coefficient (Wildman–Crippen LogP) is 5.80. The number of nitrogens with one attached hydrogen (secondary N) is 1. The van der Waals surface area contributed by atoms with Crippen molar-refractivity contribution in [1.82, 2.24) is 10.2 Å². The first-order valence-electron chi connectivity index (χ1n) is 13.7. The second-order valence-corrected chi connectivity index (χ2v) is 12.9. The van der Waals surface area contributed by atoms with Crippen molar-refractivity contribution in [3.05, 3.63) is 58.1 Å². The molecule has 8 nitrogen and oxygen atoms in total. The van der Waals surface area contributed by atoms with Crippen LogP contribution in [0.2, 0.25) is 10.0 Å². The van der Waals surface area contributed by atoms with Crippen LogP contribution in [0, 0.1) is 0 Å². The number of benzene rings is 2. The van der Waals surface area contributed by atoms with Gasteiger partial charge in [-0.3, -0.25) is 13.9 Å². The van der Waals surface area contributed by atoms with Crippen LogP contribution in [-0.2, 0) is 26.2 Å². The van der Waals surface area contributed by atoms with Crippen LogP contribution >= 0.6 is 23.2 Å². The van der Waals surface area contributed by atoms with E-state index in [0.717, 1.165) is 31.9 Å². The van der Waals surface area contributed by atoms with E-state index < -0.39 is 16.1 Å². The Labute approximate surface area is 248 Å². The Morgan fingerprint density at radius 1 is 1.07 bits per heavy atom. The molecule has 1 aliphatic rings. The van der Waals surface area contributed by atoms with Gasteiger partial charge < -0.3 is 15.0 Å². The Morgan fingerprint density at radius 2 is 1.73 bits per heavy atom. The number of carbonyl (C=O) groups excluding carboxylic acids is 2. The molecule has 0 aromatic heterocycles. The summed E-state index contributed by atoms with van der Waals surface area (Å²) in [6.07, 6.45) is 6.99. The summed E-state index contributed by atoms with van der Waals surface area (Å²) in [6, 6.07) is 11.3. The lowest BCUT2D eigenvalue weighted by Gasteiger charge is -2.33. The lowest BCUT2D eigenvalue weighted by molar-refractivity contribution is -0.141. The Bertz CT molecular complexity index is 1250. The summed E-state index contributed by atoms with van der Waals surface area (Å²) in [7, 11) is -2.11. The molecular weight excluding hydrogens is 573 g/mol. The molecule has 0 aliphatic heterocycles. The van der Waals surface area contributed by atoms with Gasteiger partial charge in [-0.1, -0.05) is 61.5 Å². The highest BCUT2D eigenvalue weighted by Gasteiger charge is 2.31. The van der Waals surface area contributed by atoms with Crippen LogP contribution in [0.25, 0.3) is 0 Å². The number of hydrogen-bond donors (Lipinski definition) is 1. The predicted molar refractivity (Wildman–Crippen MR) is 161 cm³/mol. The first-order chi connectivity index (χ1) is 19.0. The molecule has 1 unspecified atom stereocenters. The topological polar surface area (TPSA) is 96.0 Å². The van der Waals surface area contributed by atoms with Crippen molar-refractivity contribution in [2.75, 3.05) is 24.2 Å². The molecule has 1 aliphatic carbocycles. The molecule has 1 fully saturated rings. The van der Waals surface area contributed by atoms with Crippen molar-refractivity contribution in [2.45, 2.75) is 76.9 Å². The molecule has 0 bridgehead atoms. The standard InChI is InChI=1S/C29H39Cl2N3O5S/c1-4-27(29(36)32-21-11-6-5-7-12-21)33(20-24-25(30)15-9-16-26(24)31)28(35)17-10-18-34(40(3,37)38)22-13-8-14-23(19-22)39-2/h8-9,13-16,19,21,27H,4-7,10-12,17-18,20H2,1-3H3,(H,32,36). The smallest absolute Gasteiger partial charge is 0.243 e. The summed E-state index contributed by atoms with van der Waals surface area (Å²) >= 11 is 12.9. The highest BCUT2D eigenvalue weighted by Crippen LogP contribution is 2.28. The highest BCUT2D eigenvalue weighted by atomic mass is 35.5. The third-order valence-electron chi connectivity index (χ3n) is 7.22. The number of carbonyl (C=O) groups is 2. The van der Waals surface area contributed by atoms with Gasteiger partial charge in [0, 0.05) is 47.2 Å². The van der Waals surface area contributed by atoms with Crippen LogP contribution in [0.1, 0.15) is 63.9 Å². The molecule has 1 atom stereocenters. The molecule has 3 rings (SSSR count). The zero-order valence-corrected chi connectivity index (χ0v) is 25.7. The van der Waals surface area contributed by atoms with E-state index in [-0.39, 0.29) is 43.8 Å². The maximum absolute atomic E-state index is 13.7. The van der Waals surface area contributed by atoms with Gasteiger partial charge in [-0.2, -0.15) is 0 Å². The number of sulfonamides is 1. The highest BCUT2D eigenvalue weighted by molar-refractivity contribution is 7.92. The van der Waals surface area contributed by atoms with Crippen LogP contribution in [0.5, 0.6) is 5.75 Å². The summed E-state index contributed by atoms with van der Waals surface area (Å²) in [5, 5.41) is 3.97. The van der Waals surface area contributed by atoms with Crippen molar-refractivity contribution in [2.24, 2.45) is 0 Å². The van der Waals surface area contributed by atoms with E-state index in [1.54, 1.807) is 42.5 Å². The lowest BCUT2D eigenvalue weighted by atomic mass is 9.95. The quantitative estimate of drug-likeness (QED) is 0.308. The van der Waals surface area contributed by atoms with Gasteiger partial charge in [0.1, 0.15) is 11.8 Å². The summed E-state index contributed by atoms with van der Waals surface area (Å²) in [5.41, 5.74) is 1.02. The van der Waals surface area contributed by atoms with Gasteiger partial charge in [0.2, 0.25) is 21.8 Å². The average molecular weight is 613 g/mol. The van der Waals surface area contributed by atoms with Gasteiger partial charge in [0.15, 0.2) is 0 Å². The molecule has 2 aromatic carbocycles. The van der Waals surface area contributed by atoms with Gasteiger partial charge in [0.05, 0.1) is 19.1 Å². The maximum atomic E-state index is 13.7. The largest absolute Gasteiger partial charge is 0.497 e. The van der Waals surface area contributed by atoms with Crippen molar-refractivity contribution >= 4 is 50.7 Å². The Morgan fingerprint density at radius 3 is 2.33 bits per heavy atom. The first-order valence-corrected chi connectivity index (χ1v) is 16.3. The van der Waals surface area contributed by atoms with Crippen LogP contribution in [-0.4, -0.2) is 57.1 Å². The molecular formula is C29H39Cl2N3O5S. The Hall–Kier alpha value is -2.49. The Kier molecular flexibility index (Phi) is 12.0. The molecule has 0 spiro atoms. The minimum Gasteiger partial charge on any atom is -0.497 e. The zero-order chi connectivity index (χ0) is 29.3. The number of hydrogen-bond acceptors (Lipinski definition) is 5. The van der Waals surface area contributed by atoms with Crippen LogP contribution in [0.3, 0.4) is 0 Å². The molecule has 40 heavy (non-hydrogen) atoms. The van der Waals surface area contributed by atoms with Crippen molar-refractivity contribution < 1.29 is 22.7 Å². The number of nitrogens with zero attached hydrogens (tertiary/aromatic N) is 2. The lowest BCUT2D eigenvalue weighted by Crippen LogP contribution is -2.51. The van der Waals surface area contributed by atoms with Crippen molar-refractivity contribution in [1.29, 1.82) is 0 Å². The number of anilines is 1. The monoisotopic (exact) mass is 611 g/mol. The van der Waals surface area contributed by atoms with E-state index in [1.807, 2.05) is 6.92 Å². The van der Waals surface area contributed by atoms with Crippen molar-refractivity contribution in [3.63, 3.8) is 0 Å². The molecule has 2 amide bonds. The Balaban J connectivity index is 1.80. The molecule has 220 valence electrons. The third-order valence-corrected chi connectivity index (χ3v) is 9.12. The molecule has 1 N–H and O–H groups in total. The van der Waals surface area contributed by atoms with E-state index in [2.05, 4.69) is 5.32 Å². The minimum atomic E-state index is -3.62. The number of ether oxygens (including phenoxy) is 1. The first kappa shape index (κ1) is 32.0. The van der Waals surface area contributed by atoms with Crippen LogP contribution in [0.15, 0.2) is 42.5 Å². The van der Waals surface area contributed by atoms with Crippen molar-refractivity contribution in [3.8, 4) is 5.75 Å².